The lowest BCUT2D eigenvalue weighted by Gasteiger charge is -1.95. The van der Waals surface area contributed by atoms with E-state index >= 15 is 0 Å². The molecule has 0 unspecified atom stereocenters. The van der Waals surface area contributed by atoms with Gasteiger partial charge in [0.2, 0.25) is 5.82 Å². The standard InChI is InChI=1S/C13H11N5O/c1-8-6-16-11(7-15-8)13-17-12(18-19-13)9-3-2-4-10(14)5-9/h2-7H,14H2,1H3. The maximum Gasteiger partial charge on any atom is 0.278 e. The van der Waals surface area contributed by atoms with E-state index in [2.05, 4.69) is 20.1 Å². The minimum absolute atomic E-state index is 0.338. The van der Waals surface area contributed by atoms with Gasteiger partial charge < -0.3 is 10.3 Å². The van der Waals surface area contributed by atoms with Crippen LogP contribution in [0.15, 0.2) is 41.2 Å². The molecule has 94 valence electrons. The van der Waals surface area contributed by atoms with Crippen LogP contribution in [0.2, 0.25) is 0 Å². The first-order valence-corrected chi connectivity index (χ1v) is 5.71. The number of hydrogen-bond donors (Lipinski definition) is 1. The molecule has 0 aliphatic rings. The molecule has 0 saturated heterocycles. The van der Waals surface area contributed by atoms with Crippen LogP contribution in [0, 0.1) is 6.92 Å². The van der Waals surface area contributed by atoms with Crippen molar-refractivity contribution in [3.05, 3.63) is 42.4 Å². The van der Waals surface area contributed by atoms with Crippen LogP contribution in [0.1, 0.15) is 5.69 Å². The fourth-order valence-electron chi connectivity index (χ4n) is 1.63. The second-order valence-electron chi connectivity index (χ2n) is 4.09. The third-order valence-corrected chi connectivity index (χ3v) is 2.57. The molecule has 2 heterocycles. The molecular weight excluding hydrogens is 242 g/mol. The Morgan fingerprint density at radius 1 is 1.16 bits per heavy atom. The molecule has 0 bridgehead atoms. The summed E-state index contributed by atoms with van der Waals surface area (Å²) in [5, 5.41) is 3.92. The highest BCUT2D eigenvalue weighted by Gasteiger charge is 2.11. The summed E-state index contributed by atoms with van der Waals surface area (Å²) in [6, 6.07) is 7.30. The largest absolute Gasteiger partial charge is 0.399 e. The molecule has 6 heteroatoms. The number of nitrogens with zero attached hydrogens (tertiary/aromatic N) is 4. The second-order valence-corrected chi connectivity index (χ2v) is 4.09. The highest BCUT2D eigenvalue weighted by atomic mass is 16.5. The maximum absolute atomic E-state index is 5.72. The van der Waals surface area contributed by atoms with E-state index in [1.54, 1.807) is 24.5 Å². The first kappa shape index (κ1) is 11.3. The molecule has 0 aliphatic carbocycles. The van der Waals surface area contributed by atoms with Gasteiger partial charge in [-0.15, -0.1) is 0 Å². The van der Waals surface area contributed by atoms with E-state index in [1.165, 1.54) is 0 Å². The number of aryl methyl sites for hydroxylation is 1. The summed E-state index contributed by atoms with van der Waals surface area (Å²) in [7, 11) is 0. The SMILES string of the molecule is Cc1cnc(-c2nc(-c3cccc(N)c3)no2)cn1. The Balaban J connectivity index is 1.97. The first-order chi connectivity index (χ1) is 9.22. The van der Waals surface area contributed by atoms with Crippen molar-refractivity contribution in [1.29, 1.82) is 0 Å². The lowest BCUT2D eigenvalue weighted by molar-refractivity contribution is 0.431. The Bertz CT molecular complexity index is 705. The summed E-state index contributed by atoms with van der Waals surface area (Å²) in [6.45, 7) is 1.86. The van der Waals surface area contributed by atoms with Crippen molar-refractivity contribution >= 4 is 5.69 Å². The highest BCUT2D eigenvalue weighted by molar-refractivity contribution is 5.62. The molecule has 2 aromatic heterocycles. The van der Waals surface area contributed by atoms with Crippen molar-refractivity contribution in [1.82, 2.24) is 20.1 Å². The molecule has 0 saturated carbocycles. The van der Waals surface area contributed by atoms with Crippen molar-refractivity contribution in [3.63, 3.8) is 0 Å². The van der Waals surface area contributed by atoms with E-state index in [-0.39, 0.29) is 0 Å². The zero-order valence-corrected chi connectivity index (χ0v) is 10.2. The van der Waals surface area contributed by atoms with Gasteiger partial charge in [-0.25, -0.2) is 4.98 Å². The van der Waals surface area contributed by atoms with Crippen molar-refractivity contribution in [2.45, 2.75) is 6.92 Å². The van der Waals surface area contributed by atoms with Crippen LogP contribution in [-0.4, -0.2) is 20.1 Å². The third kappa shape index (κ3) is 2.28. The van der Waals surface area contributed by atoms with Crippen molar-refractivity contribution in [2.75, 3.05) is 5.73 Å². The third-order valence-electron chi connectivity index (χ3n) is 2.57. The minimum atomic E-state index is 0.338. The second kappa shape index (κ2) is 4.49. The Morgan fingerprint density at radius 3 is 2.79 bits per heavy atom. The Hall–Kier alpha value is -2.76. The van der Waals surface area contributed by atoms with E-state index in [9.17, 15) is 0 Å². The van der Waals surface area contributed by atoms with Gasteiger partial charge in [0.15, 0.2) is 0 Å². The molecule has 19 heavy (non-hydrogen) atoms. The van der Waals surface area contributed by atoms with Gasteiger partial charge in [-0.1, -0.05) is 17.3 Å². The van der Waals surface area contributed by atoms with Crippen molar-refractivity contribution in [3.8, 4) is 23.0 Å². The smallest absolute Gasteiger partial charge is 0.278 e. The Labute approximate surface area is 109 Å². The Kier molecular flexibility index (Phi) is 2.68. The van der Waals surface area contributed by atoms with E-state index in [4.69, 9.17) is 10.3 Å². The van der Waals surface area contributed by atoms with Gasteiger partial charge in [-0.3, -0.25) is 4.98 Å². The zero-order valence-electron chi connectivity index (χ0n) is 10.2. The average molecular weight is 253 g/mol. The molecule has 3 rings (SSSR count). The van der Waals surface area contributed by atoms with Crippen LogP contribution in [0.3, 0.4) is 0 Å². The number of rotatable bonds is 2. The summed E-state index contributed by atoms with van der Waals surface area (Å²) < 4.78 is 5.18. The molecule has 6 nitrogen and oxygen atoms in total. The van der Waals surface area contributed by atoms with Crippen LogP contribution in [0.5, 0.6) is 0 Å². The molecule has 0 amide bonds. The molecule has 2 N–H and O–H groups in total. The molecule has 1 aromatic carbocycles. The molecule has 3 aromatic rings. The normalized spacial score (nSPS) is 10.6. The van der Waals surface area contributed by atoms with Crippen LogP contribution >= 0.6 is 0 Å². The van der Waals surface area contributed by atoms with E-state index < -0.39 is 0 Å². The van der Waals surface area contributed by atoms with Crippen LogP contribution < -0.4 is 5.73 Å². The van der Waals surface area contributed by atoms with Crippen LogP contribution in [-0.2, 0) is 0 Å². The summed E-state index contributed by atoms with van der Waals surface area (Å²) >= 11 is 0. The van der Waals surface area contributed by atoms with Gasteiger partial charge in [0, 0.05) is 17.4 Å². The maximum atomic E-state index is 5.72. The number of nitrogens with two attached hydrogens (primary N) is 1. The Morgan fingerprint density at radius 2 is 2.05 bits per heavy atom. The number of nitrogen functional groups attached to an aromatic ring is 1. The average Bonchev–Trinajstić information content (AvgIpc) is 2.89. The van der Waals surface area contributed by atoms with Gasteiger partial charge in [-0.2, -0.15) is 4.98 Å². The van der Waals surface area contributed by atoms with E-state index in [1.807, 2.05) is 19.1 Å². The fraction of sp³-hybridized carbons (Fsp3) is 0.0769. The summed E-state index contributed by atoms with van der Waals surface area (Å²) in [5.74, 6) is 0.814. The van der Waals surface area contributed by atoms with Crippen molar-refractivity contribution < 1.29 is 4.52 Å². The summed E-state index contributed by atoms with van der Waals surface area (Å²) in [5.41, 5.74) is 8.56. The van der Waals surface area contributed by atoms with Crippen LogP contribution in [0.25, 0.3) is 23.0 Å². The topological polar surface area (TPSA) is 90.7 Å². The van der Waals surface area contributed by atoms with Crippen molar-refractivity contribution in [2.24, 2.45) is 0 Å². The molecule has 0 spiro atoms. The fourth-order valence-corrected chi connectivity index (χ4v) is 1.63. The van der Waals surface area contributed by atoms with Gasteiger partial charge in [0.1, 0.15) is 5.69 Å². The van der Waals surface area contributed by atoms with Gasteiger partial charge >= 0.3 is 0 Å². The molecule has 0 aliphatic heterocycles. The van der Waals surface area contributed by atoms with Gasteiger partial charge in [-0.05, 0) is 19.1 Å². The number of benzene rings is 1. The van der Waals surface area contributed by atoms with Gasteiger partial charge in [0.05, 0.1) is 11.9 Å². The van der Waals surface area contributed by atoms with E-state index in [0.717, 1.165) is 11.3 Å². The number of anilines is 1. The molecule has 0 radical (unpaired) electrons. The summed E-state index contributed by atoms with van der Waals surface area (Å²) in [6.07, 6.45) is 3.26. The predicted molar refractivity (Wildman–Crippen MR) is 69.9 cm³/mol. The predicted octanol–water partition coefficient (Wildman–Crippen LogP) is 2.08. The zero-order chi connectivity index (χ0) is 13.2. The lowest BCUT2D eigenvalue weighted by atomic mass is 10.2. The van der Waals surface area contributed by atoms with Crippen LogP contribution in [0.4, 0.5) is 5.69 Å². The molecular formula is C13H11N5O. The highest BCUT2D eigenvalue weighted by Crippen LogP contribution is 2.21. The molecule has 0 fully saturated rings. The monoisotopic (exact) mass is 253 g/mol. The van der Waals surface area contributed by atoms with Gasteiger partial charge in [0.25, 0.3) is 5.89 Å². The number of hydrogen-bond acceptors (Lipinski definition) is 6. The summed E-state index contributed by atoms with van der Waals surface area (Å²) in [4.78, 5) is 12.6. The first-order valence-electron chi connectivity index (χ1n) is 5.71. The lowest BCUT2D eigenvalue weighted by Crippen LogP contribution is -1.88. The quantitative estimate of drug-likeness (QED) is 0.703. The number of aromatic nitrogens is 4. The molecule has 0 atom stereocenters. The van der Waals surface area contributed by atoms with E-state index in [0.29, 0.717) is 23.1 Å². The minimum Gasteiger partial charge on any atom is -0.399 e.